The van der Waals surface area contributed by atoms with Crippen LogP contribution in [0.5, 0.6) is 0 Å². The molecule has 2 rings (SSSR count). The van der Waals surface area contributed by atoms with Crippen LogP contribution in [0.25, 0.3) is 0 Å². The molecule has 0 amide bonds. The summed E-state index contributed by atoms with van der Waals surface area (Å²) in [5, 5.41) is 3.32. The van der Waals surface area contributed by atoms with Crippen LogP contribution in [0.2, 0.25) is 0 Å². The smallest absolute Gasteiger partial charge is 0.247 e. The van der Waals surface area contributed by atoms with Gasteiger partial charge in [0.1, 0.15) is 16.4 Å². The van der Waals surface area contributed by atoms with E-state index < -0.39 is 10.0 Å². The van der Waals surface area contributed by atoms with Gasteiger partial charge in [-0.25, -0.2) is 8.42 Å². The largest absolute Gasteiger partial charge is 0.464 e. The molecule has 6 heteroatoms. The van der Waals surface area contributed by atoms with Crippen molar-refractivity contribution in [3.8, 4) is 0 Å². The van der Waals surface area contributed by atoms with Gasteiger partial charge in [0, 0.05) is 24.7 Å². The molecule has 0 radical (unpaired) electrons. The quantitative estimate of drug-likeness (QED) is 0.749. The van der Waals surface area contributed by atoms with E-state index >= 15 is 0 Å². The normalized spacial score (nSPS) is 15.9. The molecule has 1 saturated carbocycles. The molecule has 0 bridgehead atoms. The average Bonchev–Trinajstić information content (AvgIpc) is 3.15. The van der Waals surface area contributed by atoms with E-state index in [-0.39, 0.29) is 10.9 Å². The number of rotatable bonds is 8. The van der Waals surface area contributed by atoms with Gasteiger partial charge < -0.3 is 9.73 Å². The van der Waals surface area contributed by atoms with Gasteiger partial charge in [-0.3, -0.25) is 0 Å². The van der Waals surface area contributed by atoms with E-state index in [1.807, 2.05) is 13.8 Å². The lowest BCUT2D eigenvalue weighted by Gasteiger charge is -2.24. The van der Waals surface area contributed by atoms with Gasteiger partial charge in [-0.15, -0.1) is 6.58 Å². The van der Waals surface area contributed by atoms with Crippen molar-refractivity contribution in [1.82, 2.24) is 9.62 Å². The van der Waals surface area contributed by atoms with Crippen LogP contribution < -0.4 is 5.32 Å². The lowest BCUT2D eigenvalue weighted by Crippen LogP contribution is -2.37. The van der Waals surface area contributed by atoms with Crippen LogP contribution >= 0.6 is 0 Å². The first-order valence-corrected chi connectivity index (χ1v) is 8.75. The molecule has 1 heterocycles. The lowest BCUT2D eigenvalue weighted by molar-refractivity contribution is 0.381. The second-order valence-corrected chi connectivity index (χ2v) is 7.60. The Bertz CT molecular complexity index is 600. The number of hydrogen-bond donors (Lipinski definition) is 1. The number of hydrogen-bond acceptors (Lipinski definition) is 4. The van der Waals surface area contributed by atoms with E-state index in [1.165, 1.54) is 17.1 Å². The lowest BCUT2D eigenvalue weighted by atomic mass is 10.4. The van der Waals surface area contributed by atoms with E-state index in [4.69, 9.17) is 4.42 Å². The summed E-state index contributed by atoms with van der Waals surface area (Å²) in [4.78, 5) is 0.255. The molecule has 1 aliphatic carbocycles. The molecule has 0 aliphatic heterocycles. The van der Waals surface area contributed by atoms with Crippen LogP contribution in [0, 0.1) is 6.92 Å². The third kappa shape index (κ3) is 3.75. The topological polar surface area (TPSA) is 62.6 Å². The Balaban J connectivity index is 2.23. The van der Waals surface area contributed by atoms with E-state index in [1.54, 1.807) is 19.1 Å². The Morgan fingerprint density at radius 3 is 2.71 bits per heavy atom. The summed E-state index contributed by atoms with van der Waals surface area (Å²) in [7, 11) is -3.55. The van der Waals surface area contributed by atoms with Gasteiger partial charge in [0.2, 0.25) is 10.0 Å². The molecule has 0 atom stereocenters. The molecule has 0 saturated heterocycles. The molecule has 118 valence electrons. The van der Waals surface area contributed by atoms with Crippen molar-refractivity contribution in [3.63, 3.8) is 0 Å². The molecule has 0 aromatic carbocycles. The standard InChI is InChI=1S/C15H24N2O3S/c1-5-8-17(11(2)3)21(18,19)15-9-14(20-12(15)4)10-16-13-6-7-13/h5,9,11,13,16H,1,6-8,10H2,2-4H3. The Labute approximate surface area is 127 Å². The van der Waals surface area contributed by atoms with Crippen molar-refractivity contribution >= 4 is 10.0 Å². The Morgan fingerprint density at radius 1 is 1.52 bits per heavy atom. The van der Waals surface area contributed by atoms with Crippen LogP contribution in [-0.2, 0) is 16.6 Å². The fraction of sp³-hybridized carbons (Fsp3) is 0.600. The highest BCUT2D eigenvalue weighted by atomic mass is 32.2. The molecule has 1 aromatic heterocycles. The Morgan fingerprint density at radius 2 is 2.19 bits per heavy atom. The van der Waals surface area contributed by atoms with Gasteiger partial charge in [0.25, 0.3) is 0 Å². The zero-order valence-electron chi connectivity index (χ0n) is 12.9. The fourth-order valence-electron chi connectivity index (χ4n) is 2.24. The fourth-order valence-corrected chi connectivity index (χ4v) is 4.03. The van der Waals surface area contributed by atoms with Gasteiger partial charge in [-0.2, -0.15) is 4.31 Å². The van der Waals surface area contributed by atoms with Gasteiger partial charge >= 0.3 is 0 Å². The highest BCUT2D eigenvalue weighted by Gasteiger charge is 2.30. The van der Waals surface area contributed by atoms with Crippen molar-refractivity contribution in [1.29, 1.82) is 0 Å². The summed E-state index contributed by atoms with van der Waals surface area (Å²) < 4.78 is 32.5. The average molecular weight is 312 g/mol. The second-order valence-electron chi connectivity index (χ2n) is 5.75. The van der Waals surface area contributed by atoms with Crippen LogP contribution in [0.15, 0.2) is 28.0 Å². The van der Waals surface area contributed by atoms with Crippen LogP contribution in [0.4, 0.5) is 0 Å². The summed E-state index contributed by atoms with van der Waals surface area (Å²) in [5.74, 6) is 1.11. The van der Waals surface area contributed by atoms with Crippen molar-refractivity contribution in [3.05, 3.63) is 30.2 Å². The minimum atomic E-state index is -3.55. The van der Waals surface area contributed by atoms with Crippen molar-refractivity contribution in [2.24, 2.45) is 0 Å². The zero-order chi connectivity index (χ0) is 15.6. The summed E-state index contributed by atoms with van der Waals surface area (Å²) in [5.41, 5.74) is 0. The van der Waals surface area contributed by atoms with Crippen molar-refractivity contribution in [2.45, 2.75) is 57.1 Å². The summed E-state index contributed by atoms with van der Waals surface area (Å²) in [6.45, 7) is 9.90. The first-order chi connectivity index (χ1) is 9.86. The summed E-state index contributed by atoms with van der Waals surface area (Å²) in [6.07, 6.45) is 3.97. The number of nitrogens with zero attached hydrogens (tertiary/aromatic N) is 1. The van der Waals surface area contributed by atoms with Crippen LogP contribution in [-0.4, -0.2) is 31.4 Å². The molecular weight excluding hydrogens is 288 g/mol. The van der Waals surface area contributed by atoms with Crippen LogP contribution in [0.1, 0.15) is 38.2 Å². The minimum Gasteiger partial charge on any atom is -0.464 e. The first kappa shape index (κ1) is 16.3. The maximum absolute atomic E-state index is 12.7. The number of nitrogens with one attached hydrogen (secondary N) is 1. The minimum absolute atomic E-state index is 0.129. The SMILES string of the molecule is C=CCN(C(C)C)S(=O)(=O)c1cc(CNC2CC2)oc1C. The van der Waals surface area contributed by atoms with Crippen molar-refractivity contribution < 1.29 is 12.8 Å². The van der Waals surface area contributed by atoms with Gasteiger partial charge in [0.15, 0.2) is 0 Å². The maximum Gasteiger partial charge on any atom is 0.247 e. The molecule has 1 fully saturated rings. The molecular formula is C15H24N2O3S. The predicted octanol–water partition coefficient (Wildman–Crippen LogP) is 2.43. The molecule has 0 spiro atoms. The maximum atomic E-state index is 12.7. The van der Waals surface area contributed by atoms with E-state index in [9.17, 15) is 8.42 Å². The van der Waals surface area contributed by atoms with Gasteiger partial charge in [-0.1, -0.05) is 6.08 Å². The molecule has 21 heavy (non-hydrogen) atoms. The van der Waals surface area contributed by atoms with Crippen LogP contribution in [0.3, 0.4) is 0 Å². The van der Waals surface area contributed by atoms with E-state index in [0.717, 1.165) is 0 Å². The number of aryl methyl sites for hydroxylation is 1. The summed E-state index contributed by atoms with van der Waals surface area (Å²) >= 11 is 0. The predicted molar refractivity (Wildman–Crippen MR) is 82.5 cm³/mol. The number of sulfonamides is 1. The highest BCUT2D eigenvalue weighted by Crippen LogP contribution is 2.26. The molecule has 1 aliphatic rings. The highest BCUT2D eigenvalue weighted by molar-refractivity contribution is 7.89. The third-order valence-electron chi connectivity index (χ3n) is 3.54. The molecule has 5 nitrogen and oxygen atoms in total. The summed E-state index contributed by atoms with van der Waals surface area (Å²) in [6, 6.07) is 2.07. The van der Waals surface area contributed by atoms with Gasteiger partial charge in [-0.05, 0) is 33.6 Å². The second kappa shape index (κ2) is 6.34. The third-order valence-corrected chi connectivity index (χ3v) is 5.69. The zero-order valence-corrected chi connectivity index (χ0v) is 13.7. The van der Waals surface area contributed by atoms with Gasteiger partial charge in [0.05, 0.1) is 6.54 Å². The molecule has 1 aromatic rings. The molecule has 1 N–H and O–H groups in total. The van der Waals surface area contributed by atoms with E-state index in [0.29, 0.717) is 30.7 Å². The first-order valence-electron chi connectivity index (χ1n) is 7.31. The Kier molecular flexibility index (Phi) is 4.91. The van der Waals surface area contributed by atoms with E-state index in [2.05, 4.69) is 11.9 Å². The van der Waals surface area contributed by atoms with Crippen molar-refractivity contribution in [2.75, 3.05) is 6.54 Å². The number of furan rings is 1. The Hall–Kier alpha value is -1.11. The molecule has 0 unspecified atom stereocenters. The monoisotopic (exact) mass is 312 g/mol.